The average Bonchev–Trinajstić information content (AvgIpc) is 2.45. The van der Waals surface area contributed by atoms with Gasteiger partial charge in [-0.05, 0) is 18.6 Å². The van der Waals surface area contributed by atoms with Crippen LogP contribution in [0.1, 0.15) is 15.9 Å². The Labute approximate surface area is 120 Å². The van der Waals surface area contributed by atoms with Gasteiger partial charge in [-0.25, -0.2) is 0 Å². The molecule has 116 valence electrons. The summed E-state index contributed by atoms with van der Waals surface area (Å²) < 4.78 is 43.0. The number of nitrogens with zero attached hydrogens (tertiary/aromatic N) is 1. The van der Waals surface area contributed by atoms with Crippen LogP contribution in [0.5, 0.6) is 0 Å². The highest BCUT2D eigenvalue weighted by Gasteiger charge is 2.46. The standard InChI is InChI=1S/C14H16F3NO3/c1-9-4-2-3-5-11(9)13(20)18-6-12(14(15,16)17)21-8-10(18)7-19/h2-5,10,12,19H,6-8H2,1H3. The fourth-order valence-electron chi connectivity index (χ4n) is 2.26. The summed E-state index contributed by atoms with van der Waals surface area (Å²) in [6, 6.07) is 5.90. The van der Waals surface area contributed by atoms with E-state index in [1.165, 1.54) is 0 Å². The van der Waals surface area contributed by atoms with Crippen LogP contribution in [0.3, 0.4) is 0 Å². The highest BCUT2D eigenvalue weighted by Crippen LogP contribution is 2.28. The molecule has 1 aliphatic rings. The van der Waals surface area contributed by atoms with Gasteiger partial charge in [-0.2, -0.15) is 13.2 Å². The summed E-state index contributed by atoms with van der Waals surface area (Å²) in [5.41, 5.74) is 1.01. The first-order valence-corrected chi connectivity index (χ1v) is 6.50. The fraction of sp³-hybridized carbons (Fsp3) is 0.500. The van der Waals surface area contributed by atoms with Gasteiger partial charge >= 0.3 is 6.18 Å². The van der Waals surface area contributed by atoms with Crippen molar-refractivity contribution in [3.63, 3.8) is 0 Å². The summed E-state index contributed by atoms with van der Waals surface area (Å²) in [6.45, 7) is 0.325. The molecule has 4 nitrogen and oxygen atoms in total. The number of halogens is 3. The summed E-state index contributed by atoms with van der Waals surface area (Å²) in [6.07, 6.45) is -6.56. The molecule has 2 unspecified atom stereocenters. The number of carbonyl (C=O) groups is 1. The van der Waals surface area contributed by atoms with E-state index in [0.29, 0.717) is 11.1 Å². The van der Waals surface area contributed by atoms with E-state index in [2.05, 4.69) is 0 Å². The lowest BCUT2D eigenvalue weighted by Gasteiger charge is -2.39. The van der Waals surface area contributed by atoms with Crippen molar-refractivity contribution in [1.29, 1.82) is 0 Å². The molecule has 0 spiro atoms. The van der Waals surface area contributed by atoms with Crippen LogP contribution in [0.4, 0.5) is 13.2 Å². The Morgan fingerprint density at radius 2 is 2.10 bits per heavy atom. The number of aryl methyl sites for hydroxylation is 1. The third kappa shape index (κ3) is 3.36. The monoisotopic (exact) mass is 303 g/mol. The Morgan fingerprint density at radius 3 is 2.67 bits per heavy atom. The van der Waals surface area contributed by atoms with Gasteiger partial charge in [0.1, 0.15) is 0 Å². The number of aliphatic hydroxyl groups excluding tert-OH is 1. The van der Waals surface area contributed by atoms with Crippen molar-refractivity contribution in [2.24, 2.45) is 0 Å². The quantitative estimate of drug-likeness (QED) is 0.906. The molecule has 0 radical (unpaired) electrons. The Morgan fingerprint density at radius 1 is 1.43 bits per heavy atom. The van der Waals surface area contributed by atoms with E-state index in [1.807, 2.05) is 0 Å². The van der Waals surface area contributed by atoms with E-state index in [-0.39, 0.29) is 6.61 Å². The van der Waals surface area contributed by atoms with Crippen molar-refractivity contribution in [3.05, 3.63) is 35.4 Å². The SMILES string of the molecule is Cc1ccccc1C(=O)N1CC(C(F)(F)F)OCC1CO. The predicted octanol–water partition coefficient (Wildman–Crippen LogP) is 1.76. The predicted molar refractivity (Wildman–Crippen MR) is 68.9 cm³/mol. The minimum atomic E-state index is -4.54. The number of aliphatic hydroxyl groups is 1. The largest absolute Gasteiger partial charge is 0.416 e. The lowest BCUT2D eigenvalue weighted by atomic mass is 10.1. The van der Waals surface area contributed by atoms with E-state index in [1.54, 1.807) is 31.2 Å². The van der Waals surface area contributed by atoms with Gasteiger partial charge in [-0.1, -0.05) is 18.2 Å². The molecule has 7 heteroatoms. The third-order valence-corrected chi connectivity index (χ3v) is 3.51. The van der Waals surface area contributed by atoms with Crippen LogP contribution in [0, 0.1) is 6.92 Å². The molecular weight excluding hydrogens is 287 g/mol. The molecule has 1 N–H and O–H groups in total. The molecule has 0 bridgehead atoms. The number of alkyl halides is 3. The molecule has 1 aromatic carbocycles. The van der Waals surface area contributed by atoms with Crippen molar-refractivity contribution in [2.75, 3.05) is 19.8 Å². The van der Waals surface area contributed by atoms with Crippen molar-refractivity contribution < 1.29 is 27.8 Å². The smallest absolute Gasteiger partial charge is 0.394 e. The van der Waals surface area contributed by atoms with Crippen LogP contribution in [0.15, 0.2) is 24.3 Å². The molecule has 1 fully saturated rings. The van der Waals surface area contributed by atoms with E-state index in [9.17, 15) is 23.1 Å². The number of ether oxygens (including phenoxy) is 1. The molecular formula is C14H16F3NO3. The van der Waals surface area contributed by atoms with Crippen LogP contribution < -0.4 is 0 Å². The lowest BCUT2D eigenvalue weighted by Crippen LogP contribution is -2.57. The number of hydrogen-bond acceptors (Lipinski definition) is 3. The molecule has 1 aliphatic heterocycles. The number of rotatable bonds is 2. The normalized spacial score (nSPS) is 23.2. The lowest BCUT2D eigenvalue weighted by molar-refractivity contribution is -0.241. The van der Waals surface area contributed by atoms with Gasteiger partial charge in [-0.3, -0.25) is 4.79 Å². The first kappa shape index (κ1) is 15.8. The second-order valence-corrected chi connectivity index (χ2v) is 4.97. The minimum Gasteiger partial charge on any atom is -0.394 e. The van der Waals surface area contributed by atoms with E-state index in [4.69, 9.17) is 4.74 Å². The van der Waals surface area contributed by atoms with Gasteiger partial charge in [0.05, 0.1) is 25.8 Å². The molecule has 0 saturated carbocycles. The van der Waals surface area contributed by atoms with Crippen LogP contribution in [0.2, 0.25) is 0 Å². The zero-order valence-electron chi connectivity index (χ0n) is 11.4. The van der Waals surface area contributed by atoms with Crippen LogP contribution in [-0.4, -0.2) is 54.0 Å². The number of hydrogen-bond donors (Lipinski definition) is 1. The second kappa shape index (κ2) is 6.03. The maximum atomic E-state index is 12.8. The van der Waals surface area contributed by atoms with Crippen LogP contribution >= 0.6 is 0 Å². The van der Waals surface area contributed by atoms with Crippen LogP contribution in [0.25, 0.3) is 0 Å². The molecule has 1 saturated heterocycles. The van der Waals surface area contributed by atoms with Crippen LogP contribution in [-0.2, 0) is 4.74 Å². The van der Waals surface area contributed by atoms with Gasteiger partial charge in [-0.15, -0.1) is 0 Å². The maximum absolute atomic E-state index is 12.8. The number of morpholine rings is 1. The molecule has 21 heavy (non-hydrogen) atoms. The molecule has 2 rings (SSSR count). The number of carbonyl (C=O) groups excluding carboxylic acids is 1. The van der Waals surface area contributed by atoms with Gasteiger partial charge in [0, 0.05) is 5.56 Å². The van der Waals surface area contributed by atoms with Crippen molar-refractivity contribution in [1.82, 2.24) is 4.90 Å². The van der Waals surface area contributed by atoms with Gasteiger partial charge in [0.25, 0.3) is 5.91 Å². The summed E-state index contributed by atoms with van der Waals surface area (Å²) >= 11 is 0. The van der Waals surface area contributed by atoms with E-state index in [0.717, 1.165) is 4.90 Å². The Hall–Kier alpha value is -1.60. The Kier molecular flexibility index (Phi) is 4.53. The zero-order valence-corrected chi connectivity index (χ0v) is 11.4. The topological polar surface area (TPSA) is 49.8 Å². The second-order valence-electron chi connectivity index (χ2n) is 4.97. The van der Waals surface area contributed by atoms with E-state index >= 15 is 0 Å². The van der Waals surface area contributed by atoms with Crippen molar-refractivity contribution >= 4 is 5.91 Å². The highest BCUT2D eigenvalue weighted by molar-refractivity contribution is 5.95. The molecule has 0 aromatic heterocycles. The van der Waals surface area contributed by atoms with Gasteiger partial charge in [0.2, 0.25) is 0 Å². The Balaban J connectivity index is 2.25. The zero-order chi connectivity index (χ0) is 15.6. The van der Waals surface area contributed by atoms with Crippen molar-refractivity contribution in [3.8, 4) is 0 Å². The summed E-state index contributed by atoms with van der Waals surface area (Å²) in [7, 11) is 0. The summed E-state index contributed by atoms with van der Waals surface area (Å²) in [5, 5.41) is 9.26. The molecule has 1 amide bonds. The first-order chi connectivity index (χ1) is 9.84. The maximum Gasteiger partial charge on any atom is 0.416 e. The highest BCUT2D eigenvalue weighted by atomic mass is 19.4. The van der Waals surface area contributed by atoms with Gasteiger partial charge in [0.15, 0.2) is 6.10 Å². The third-order valence-electron chi connectivity index (χ3n) is 3.51. The Bertz CT molecular complexity index is 518. The minimum absolute atomic E-state index is 0.332. The molecule has 2 atom stereocenters. The van der Waals surface area contributed by atoms with E-state index < -0.39 is 37.4 Å². The van der Waals surface area contributed by atoms with Crippen molar-refractivity contribution in [2.45, 2.75) is 25.2 Å². The molecule has 1 aromatic rings. The fourth-order valence-corrected chi connectivity index (χ4v) is 2.26. The molecule has 1 heterocycles. The number of amides is 1. The summed E-state index contributed by atoms with van der Waals surface area (Å²) in [4.78, 5) is 13.5. The average molecular weight is 303 g/mol. The van der Waals surface area contributed by atoms with Gasteiger partial charge < -0.3 is 14.7 Å². The first-order valence-electron chi connectivity index (χ1n) is 6.50. The number of benzene rings is 1. The summed E-state index contributed by atoms with van der Waals surface area (Å²) in [5.74, 6) is -0.523. The molecule has 0 aliphatic carbocycles.